The third-order valence-corrected chi connectivity index (χ3v) is 2.72. The first-order valence-electron chi connectivity index (χ1n) is 6.91. The minimum atomic E-state index is -1.17. The van der Waals surface area contributed by atoms with E-state index in [1.54, 1.807) is 18.2 Å². The largest absolute Gasteiger partial charge is 0.481 e. The molecule has 23 heavy (non-hydrogen) atoms. The van der Waals surface area contributed by atoms with Gasteiger partial charge in [-0.05, 0) is 37.5 Å². The summed E-state index contributed by atoms with van der Waals surface area (Å²) in [7, 11) is 0. The van der Waals surface area contributed by atoms with Gasteiger partial charge in [0.05, 0.1) is 5.56 Å². The van der Waals surface area contributed by atoms with Crippen LogP contribution in [0.15, 0.2) is 24.3 Å². The summed E-state index contributed by atoms with van der Waals surface area (Å²) in [6, 6.07) is 5.86. The number of carboxylic acids is 3. The topological polar surface area (TPSA) is 164 Å². The van der Waals surface area contributed by atoms with Crippen molar-refractivity contribution in [3.05, 3.63) is 35.4 Å². The molecule has 0 heterocycles. The van der Waals surface area contributed by atoms with Gasteiger partial charge in [0, 0.05) is 12.5 Å². The number of aromatic carboxylic acids is 1. The summed E-state index contributed by atoms with van der Waals surface area (Å²) in [6.45, 7) is 1.90. The predicted molar refractivity (Wildman–Crippen MR) is 83.2 cm³/mol. The SMILES string of the molecule is C[C@@H](N)Cc1cccc(C(=O)O)c1.N[C@@H](CCC(=O)O)C(=O)O. The highest BCUT2D eigenvalue weighted by molar-refractivity contribution is 5.87. The molecule has 0 saturated heterocycles. The van der Waals surface area contributed by atoms with Gasteiger partial charge in [-0.15, -0.1) is 0 Å². The Kier molecular flexibility index (Phi) is 9.21. The summed E-state index contributed by atoms with van der Waals surface area (Å²) in [5.41, 5.74) is 11.9. The average molecular weight is 326 g/mol. The maximum atomic E-state index is 10.6. The molecular formula is C15H22N2O6. The molecule has 2 atom stereocenters. The molecule has 0 saturated carbocycles. The van der Waals surface area contributed by atoms with Gasteiger partial charge in [-0.1, -0.05) is 12.1 Å². The first-order valence-corrected chi connectivity index (χ1v) is 6.91. The molecule has 1 rings (SSSR count). The van der Waals surface area contributed by atoms with E-state index < -0.39 is 23.9 Å². The Labute approximate surface area is 133 Å². The first-order chi connectivity index (χ1) is 10.6. The van der Waals surface area contributed by atoms with Crippen LogP contribution < -0.4 is 11.5 Å². The van der Waals surface area contributed by atoms with Gasteiger partial charge in [0.25, 0.3) is 0 Å². The van der Waals surface area contributed by atoms with Crippen LogP contribution in [-0.2, 0) is 16.0 Å². The normalized spacial score (nSPS) is 12.5. The number of aliphatic carboxylic acids is 2. The lowest BCUT2D eigenvalue weighted by Crippen LogP contribution is -2.30. The zero-order valence-electron chi connectivity index (χ0n) is 12.8. The van der Waals surface area contributed by atoms with Gasteiger partial charge in [0.2, 0.25) is 0 Å². The van der Waals surface area contributed by atoms with Crippen molar-refractivity contribution in [3.8, 4) is 0 Å². The fourth-order valence-corrected chi connectivity index (χ4v) is 1.61. The molecular weight excluding hydrogens is 304 g/mol. The van der Waals surface area contributed by atoms with E-state index in [9.17, 15) is 14.4 Å². The Balaban J connectivity index is 0.000000438. The lowest BCUT2D eigenvalue weighted by atomic mass is 10.1. The van der Waals surface area contributed by atoms with Crippen molar-refractivity contribution in [1.29, 1.82) is 0 Å². The van der Waals surface area contributed by atoms with Crippen LogP contribution in [0.4, 0.5) is 0 Å². The van der Waals surface area contributed by atoms with Crippen LogP contribution in [0, 0.1) is 0 Å². The van der Waals surface area contributed by atoms with Crippen LogP contribution in [0.1, 0.15) is 35.7 Å². The molecule has 0 aromatic heterocycles. The zero-order chi connectivity index (χ0) is 18.0. The highest BCUT2D eigenvalue weighted by atomic mass is 16.4. The van der Waals surface area contributed by atoms with Crippen molar-refractivity contribution < 1.29 is 29.7 Å². The van der Waals surface area contributed by atoms with Crippen molar-refractivity contribution in [1.82, 2.24) is 0 Å². The minimum Gasteiger partial charge on any atom is -0.481 e. The Morgan fingerprint density at radius 3 is 2.17 bits per heavy atom. The van der Waals surface area contributed by atoms with Gasteiger partial charge in [0.15, 0.2) is 0 Å². The molecule has 8 heteroatoms. The fraction of sp³-hybridized carbons (Fsp3) is 0.400. The predicted octanol–water partition coefficient (Wildman–Crippen LogP) is 0.538. The number of carbonyl (C=O) groups is 3. The number of hydrogen-bond acceptors (Lipinski definition) is 5. The van der Waals surface area contributed by atoms with Crippen LogP contribution in [0.5, 0.6) is 0 Å². The second-order valence-electron chi connectivity index (χ2n) is 5.06. The molecule has 0 bridgehead atoms. The van der Waals surface area contributed by atoms with Crippen LogP contribution in [0.2, 0.25) is 0 Å². The second kappa shape index (κ2) is 10.3. The van der Waals surface area contributed by atoms with Gasteiger partial charge < -0.3 is 26.8 Å². The zero-order valence-corrected chi connectivity index (χ0v) is 12.8. The molecule has 0 amide bonds. The lowest BCUT2D eigenvalue weighted by Gasteiger charge is -2.05. The molecule has 128 valence electrons. The molecule has 0 aliphatic rings. The second-order valence-corrected chi connectivity index (χ2v) is 5.06. The molecule has 7 N–H and O–H groups in total. The van der Waals surface area contributed by atoms with E-state index in [1.807, 2.05) is 13.0 Å². The molecule has 0 unspecified atom stereocenters. The molecule has 0 aliphatic carbocycles. The van der Waals surface area contributed by atoms with Crippen LogP contribution in [0.25, 0.3) is 0 Å². The molecule has 1 aromatic rings. The summed E-state index contributed by atoms with van der Waals surface area (Å²) in [4.78, 5) is 30.5. The number of hydrogen-bond donors (Lipinski definition) is 5. The van der Waals surface area contributed by atoms with Crippen molar-refractivity contribution >= 4 is 17.9 Å². The number of carboxylic acid groups (broad SMARTS) is 3. The Bertz CT molecular complexity index is 545. The van der Waals surface area contributed by atoms with Gasteiger partial charge in [0.1, 0.15) is 6.04 Å². The van der Waals surface area contributed by atoms with E-state index >= 15 is 0 Å². The van der Waals surface area contributed by atoms with E-state index in [-0.39, 0.29) is 18.9 Å². The summed E-state index contributed by atoms with van der Waals surface area (Å²) in [6.07, 6.45) is 0.485. The molecule has 0 fully saturated rings. The molecule has 0 aliphatic heterocycles. The van der Waals surface area contributed by atoms with Gasteiger partial charge in [-0.2, -0.15) is 0 Å². The third kappa shape index (κ3) is 9.99. The molecule has 8 nitrogen and oxygen atoms in total. The summed E-state index contributed by atoms with van der Waals surface area (Å²) in [5.74, 6) is -3.09. The first kappa shape index (κ1) is 20.6. The maximum Gasteiger partial charge on any atom is 0.335 e. The minimum absolute atomic E-state index is 0.0231. The summed E-state index contributed by atoms with van der Waals surface area (Å²) in [5, 5.41) is 25.0. The van der Waals surface area contributed by atoms with Crippen LogP contribution in [-0.4, -0.2) is 45.3 Å². The van der Waals surface area contributed by atoms with Gasteiger partial charge >= 0.3 is 17.9 Å². The quantitative estimate of drug-likeness (QED) is 0.484. The van der Waals surface area contributed by atoms with Crippen LogP contribution in [0.3, 0.4) is 0 Å². The Hall–Kier alpha value is -2.45. The van der Waals surface area contributed by atoms with Crippen molar-refractivity contribution in [2.45, 2.75) is 38.3 Å². The fourth-order valence-electron chi connectivity index (χ4n) is 1.61. The molecule has 0 radical (unpaired) electrons. The standard InChI is InChI=1S/C10H13NO2.C5H9NO4/c1-7(11)5-8-3-2-4-9(6-8)10(12)13;6-3(5(9)10)1-2-4(7)8/h2-4,6-7H,5,11H2,1H3,(H,12,13);3H,1-2,6H2,(H,7,8)(H,9,10)/t7-;3-/m10/s1. The monoisotopic (exact) mass is 326 g/mol. The number of nitrogens with two attached hydrogens (primary N) is 2. The van der Waals surface area contributed by atoms with E-state index in [2.05, 4.69) is 0 Å². The van der Waals surface area contributed by atoms with E-state index in [0.717, 1.165) is 5.56 Å². The van der Waals surface area contributed by atoms with Crippen molar-refractivity contribution in [2.75, 3.05) is 0 Å². The smallest absolute Gasteiger partial charge is 0.335 e. The van der Waals surface area contributed by atoms with E-state index in [0.29, 0.717) is 12.0 Å². The van der Waals surface area contributed by atoms with E-state index in [1.165, 1.54) is 0 Å². The highest BCUT2D eigenvalue weighted by Crippen LogP contribution is 2.07. The number of rotatable bonds is 7. The van der Waals surface area contributed by atoms with E-state index in [4.69, 9.17) is 26.8 Å². The third-order valence-electron chi connectivity index (χ3n) is 2.72. The molecule has 0 spiro atoms. The highest BCUT2D eigenvalue weighted by Gasteiger charge is 2.12. The van der Waals surface area contributed by atoms with Crippen LogP contribution >= 0.6 is 0 Å². The lowest BCUT2D eigenvalue weighted by molar-refractivity contribution is -0.139. The summed E-state index contributed by atoms with van der Waals surface area (Å²) >= 11 is 0. The maximum absolute atomic E-state index is 10.6. The molecule has 1 aromatic carbocycles. The Morgan fingerprint density at radius 2 is 1.74 bits per heavy atom. The summed E-state index contributed by atoms with van der Waals surface area (Å²) < 4.78 is 0. The van der Waals surface area contributed by atoms with Gasteiger partial charge in [-0.3, -0.25) is 9.59 Å². The van der Waals surface area contributed by atoms with Crippen molar-refractivity contribution in [3.63, 3.8) is 0 Å². The van der Waals surface area contributed by atoms with Crippen molar-refractivity contribution in [2.24, 2.45) is 11.5 Å². The van der Waals surface area contributed by atoms with Gasteiger partial charge in [-0.25, -0.2) is 4.79 Å². The Morgan fingerprint density at radius 1 is 1.13 bits per heavy atom. The average Bonchev–Trinajstić information content (AvgIpc) is 2.44. The number of benzene rings is 1.